The molecule has 26 heavy (non-hydrogen) atoms. The van der Waals surface area contributed by atoms with Gasteiger partial charge in [-0.15, -0.1) is 24.0 Å². The lowest BCUT2D eigenvalue weighted by Gasteiger charge is -2.13. The van der Waals surface area contributed by atoms with Crippen LogP contribution < -0.4 is 15.4 Å². The summed E-state index contributed by atoms with van der Waals surface area (Å²) in [5.74, 6) is 1.73. The van der Waals surface area contributed by atoms with Crippen molar-refractivity contribution >= 4 is 29.9 Å². The molecule has 0 bridgehead atoms. The first-order chi connectivity index (χ1) is 12.0. The topological polar surface area (TPSA) is 54.9 Å². The van der Waals surface area contributed by atoms with E-state index < -0.39 is 13.0 Å². The van der Waals surface area contributed by atoms with E-state index in [-0.39, 0.29) is 24.0 Å². The van der Waals surface area contributed by atoms with Crippen LogP contribution in [0.25, 0.3) is 0 Å². The minimum absolute atomic E-state index is 0. The summed E-state index contributed by atoms with van der Waals surface area (Å²) in [6.45, 7) is 6.29. The highest BCUT2D eigenvalue weighted by Gasteiger charge is 2.04. The number of ether oxygens (including phenoxy) is 2. The Morgan fingerprint density at radius 2 is 1.96 bits per heavy atom. The minimum atomic E-state index is -2.48. The van der Waals surface area contributed by atoms with E-state index in [4.69, 9.17) is 9.47 Å². The lowest BCUT2D eigenvalue weighted by atomic mass is 10.1. The maximum Gasteiger partial charge on any atom is 0.272 e. The predicted octanol–water partition coefficient (Wildman–Crippen LogP) is 3.68. The van der Waals surface area contributed by atoms with Gasteiger partial charge in [-0.05, 0) is 30.0 Å². The molecule has 0 aliphatic heterocycles. The first-order valence-corrected chi connectivity index (χ1v) is 8.53. The number of rotatable bonds is 11. The Morgan fingerprint density at radius 3 is 2.62 bits per heavy atom. The van der Waals surface area contributed by atoms with E-state index >= 15 is 0 Å². The van der Waals surface area contributed by atoms with E-state index in [9.17, 15) is 8.78 Å². The van der Waals surface area contributed by atoms with Crippen LogP contribution in [0.3, 0.4) is 0 Å². The summed E-state index contributed by atoms with van der Waals surface area (Å²) in [6.07, 6.45) is -1.43. The van der Waals surface area contributed by atoms with Crippen molar-refractivity contribution in [1.29, 1.82) is 0 Å². The Hall–Kier alpha value is -1.16. The number of aliphatic imine (C=N–C) groups is 1. The summed E-state index contributed by atoms with van der Waals surface area (Å²) in [5.41, 5.74) is 0.919. The van der Waals surface area contributed by atoms with Gasteiger partial charge in [-0.2, -0.15) is 0 Å². The lowest BCUT2D eigenvalue weighted by molar-refractivity contribution is 0.0818. The van der Waals surface area contributed by atoms with Gasteiger partial charge < -0.3 is 20.1 Å². The quantitative estimate of drug-likeness (QED) is 0.218. The van der Waals surface area contributed by atoms with E-state index in [2.05, 4.69) is 29.5 Å². The molecule has 0 spiro atoms. The maximum atomic E-state index is 12.2. The Bertz CT molecular complexity index is 517. The summed E-state index contributed by atoms with van der Waals surface area (Å²) in [5, 5.41) is 6.33. The fraction of sp³-hybridized carbons (Fsp3) is 0.611. The first kappa shape index (κ1) is 24.8. The van der Waals surface area contributed by atoms with Crippen LogP contribution in [-0.4, -0.2) is 45.8 Å². The average Bonchev–Trinajstić information content (AvgIpc) is 2.58. The van der Waals surface area contributed by atoms with E-state index in [1.165, 1.54) is 0 Å². The van der Waals surface area contributed by atoms with Crippen molar-refractivity contribution in [2.45, 2.75) is 33.2 Å². The maximum absolute atomic E-state index is 12.2. The second-order valence-electron chi connectivity index (χ2n) is 6.00. The molecule has 0 unspecified atom stereocenters. The molecule has 8 heteroatoms. The molecule has 0 amide bonds. The van der Waals surface area contributed by atoms with Gasteiger partial charge in [-0.1, -0.05) is 26.0 Å². The summed E-state index contributed by atoms with van der Waals surface area (Å²) in [7, 11) is 1.69. The number of nitrogens with one attached hydrogen (secondary N) is 2. The van der Waals surface area contributed by atoms with E-state index in [1.807, 2.05) is 6.07 Å². The second-order valence-corrected chi connectivity index (χ2v) is 6.00. The van der Waals surface area contributed by atoms with Gasteiger partial charge in [0.05, 0.1) is 6.61 Å². The minimum Gasteiger partial charge on any atom is -0.488 e. The summed E-state index contributed by atoms with van der Waals surface area (Å²) in [4.78, 5) is 4.14. The van der Waals surface area contributed by atoms with Gasteiger partial charge in [-0.3, -0.25) is 4.99 Å². The van der Waals surface area contributed by atoms with Crippen LogP contribution in [0, 0.1) is 5.92 Å². The van der Waals surface area contributed by atoms with Crippen LogP contribution in [0.1, 0.15) is 25.8 Å². The van der Waals surface area contributed by atoms with Crippen molar-refractivity contribution in [1.82, 2.24) is 10.6 Å². The fourth-order valence-electron chi connectivity index (χ4n) is 1.97. The van der Waals surface area contributed by atoms with E-state index in [0.717, 1.165) is 18.6 Å². The van der Waals surface area contributed by atoms with Crippen molar-refractivity contribution in [3.63, 3.8) is 0 Å². The van der Waals surface area contributed by atoms with Crippen LogP contribution >= 0.6 is 24.0 Å². The summed E-state index contributed by atoms with van der Waals surface area (Å²) < 4.78 is 34.9. The monoisotopic (exact) mass is 485 g/mol. The van der Waals surface area contributed by atoms with Crippen LogP contribution in [0.5, 0.6) is 5.75 Å². The molecular weight excluding hydrogens is 455 g/mol. The van der Waals surface area contributed by atoms with Gasteiger partial charge in [0, 0.05) is 26.7 Å². The van der Waals surface area contributed by atoms with E-state index in [1.54, 1.807) is 25.2 Å². The van der Waals surface area contributed by atoms with Gasteiger partial charge in [-0.25, -0.2) is 8.78 Å². The Kier molecular flexibility index (Phi) is 14.3. The highest BCUT2D eigenvalue weighted by molar-refractivity contribution is 14.0. The molecule has 0 atom stereocenters. The molecule has 0 radical (unpaired) electrons. The molecule has 0 heterocycles. The van der Waals surface area contributed by atoms with E-state index in [0.29, 0.717) is 37.3 Å². The zero-order valence-electron chi connectivity index (χ0n) is 15.6. The van der Waals surface area contributed by atoms with Crippen LogP contribution in [0.15, 0.2) is 29.3 Å². The number of guanidine groups is 1. The first-order valence-electron chi connectivity index (χ1n) is 8.53. The number of hydrogen-bond acceptors (Lipinski definition) is 3. The third-order valence-electron chi connectivity index (χ3n) is 3.34. The molecule has 0 saturated carbocycles. The van der Waals surface area contributed by atoms with Gasteiger partial charge >= 0.3 is 0 Å². The molecule has 0 aromatic heterocycles. The van der Waals surface area contributed by atoms with Crippen LogP contribution in [0.2, 0.25) is 0 Å². The van der Waals surface area contributed by atoms with Crippen molar-refractivity contribution in [3.8, 4) is 5.75 Å². The molecular formula is C18H30F2IN3O2. The largest absolute Gasteiger partial charge is 0.488 e. The summed E-state index contributed by atoms with van der Waals surface area (Å²) >= 11 is 0. The zero-order chi connectivity index (χ0) is 18.5. The smallest absolute Gasteiger partial charge is 0.272 e. The molecule has 1 aromatic rings. The SMILES string of the molecule is CN=C(NCCOCCC(C)C)NCc1cccc(OCC(F)F)c1.I. The average molecular weight is 485 g/mol. The molecule has 0 aliphatic rings. The molecule has 150 valence electrons. The van der Waals surface area contributed by atoms with Crippen LogP contribution in [-0.2, 0) is 11.3 Å². The van der Waals surface area contributed by atoms with Crippen molar-refractivity contribution < 1.29 is 18.3 Å². The Labute approximate surface area is 172 Å². The number of hydrogen-bond donors (Lipinski definition) is 2. The van der Waals surface area contributed by atoms with Crippen molar-refractivity contribution in [2.75, 3.05) is 33.4 Å². The third kappa shape index (κ3) is 12.2. The molecule has 0 saturated heterocycles. The Balaban J connectivity index is 0.00000625. The molecule has 1 aromatic carbocycles. The number of halogens is 3. The Morgan fingerprint density at radius 1 is 1.19 bits per heavy atom. The second kappa shape index (κ2) is 15.0. The van der Waals surface area contributed by atoms with Gasteiger partial charge in [0.25, 0.3) is 6.43 Å². The van der Waals surface area contributed by atoms with Crippen molar-refractivity contribution in [3.05, 3.63) is 29.8 Å². The zero-order valence-corrected chi connectivity index (χ0v) is 18.0. The van der Waals surface area contributed by atoms with Crippen molar-refractivity contribution in [2.24, 2.45) is 10.9 Å². The number of benzene rings is 1. The highest BCUT2D eigenvalue weighted by Crippen LogP contribution is 2.14. The fourth-order valence-corrected chi connectivity index (χ4v) is 1.97. The molecule has 1 rings (SSSR count). The van der Waals surface area contributed by atoms with Gasteiger partial charge in [0.15, 0.2) is 5.96 Å². The molecule has 0 aliphatic carbocycles. The summed E-state index contributed by atoms with van der Waals surface area (Å²) in [6, 6.07) is 7.06. The number of alkyl halides is 2. The van der Waals surface area contributed by atoms with Crippen LogP contribution in [0.4, 0.5) is 8.78 Å². The molecule has 0 fully saturated rings. The highest BCUT2D eigenvalue weighted by atomic mass is 127. The van der Waals surface area contributed by atoms with Gasteiger partial charge in [0.1, 0.15) is 12.4 Å². The predicted molar refractivity (Wildman–Crippen MR) is 112 cm³/mol. The van der Waals surface area contributed by atoms with Gasteiger partial charge in [0.2, 0.25) is 0 Å². The standard InChI is InChI=1S/C18H29F2N3O2.HI/c1-14(2)7-9-24-10-8-22-18(21-3)23-12-15-5-4-6-16(11-15)25-13-17(19)20;/h4-6,11,14,17H,7-10,12-13H2,1-3H3,(H2,21,22,23);1H. The lowest BCUT2D eigenvalue weighted by Crippen LogP contribution is -2.38. The molecule has 2 N–H and O–H groups in total. The normalized spacial score (nSPS) is 11.4. The molecule has 5 nitrogen and oxygen atoms in total. The number of nitrogens with zero attached hydrogens (tertiary/aromatic N) is 1. The third-order valence-corrected chi connectivity index (χ3v) is 3.34.